The number of hydrogen-bond acceptors (Lipinski definition) is 5. The first kappa shape index (κ1) is 20.4. The highest BCUT2D eigenvalue weighted by Crippen LogP contribution is 2.44. The largest absolute Gasteiger partial charge is 0.199 e. The van der Waals surface area contributed by atoms with Gasteiger partial charge < -0.3 is 0 Å². The number of rotatable bonds is 0. The van der Waals surface area contributed by atoms with Gasteiger partial charge in [0.05, 0.1) is 41.0 Å². The highest BCUT2D eigenvalue weighted by Gasteiger charge is 2.20. The van der Waals surface area contributed by atoms with Crippen LogP contribution in [0.1, 0.15) is 23.6 Å². The first-order chi connectivity index (χ1) is 15.0. The third-order valence-electron chi connectivity index (χ3n) is 5.37. The van der Waals surface area contributed by atoms with Crippen molar-refractivity contribution in [3.63, 3.8) is 0 Å². The quantitative estimate of drug-likeness (QED) is 0.148. The molecule has 0 amide bonds. The van der Waals surface area contributed by atoms with Crippen molar-refractivity contribution in [1.29, 1.82) is 21.0 Å². The molecule has 5 rings (SSSR count). The van der Waals surface area contributed by atoms with Crippen molar-refractivity contribution in [2.45, 2.75) is 11.8 Å². The van der Waals surface area contributed by atoms with Gasteiger partial charge in [0.15, 0.2) is 0 Å². The van der Waals surface area contributed by atoms with E-state index in [2.05, 4.69) is 40.1 Å². The van der Waals surface area contributed by atoms with E-state index >= 15 is 0 Å². The first-order valence-electron chi connectivity index (χ1n) is 9.22. The van der Waals surface area contributed by atoms with E-state index in [1.165, 1.54) is 6.92 Å². The van der Waals surface area contributed by atoms with E-state index in [1.807, 2.05) is 36.4 Å². The summed E-state index contributed by atoms with van der Waals surface area (Å²) in [5.74, 6) is 0. The highest BCUT2D eigenvalue weighted by molar-refractivity contribution is 7.80. The maximum absolute atomic E-state index is 9.84. The number of nitriles is 4. The van der Waals surface area contributed by atoms with Gasteiger partial charge in [-0.15, -0.1) is 21.9 Å². The fourth-order valence-corrected chi connectivity index (χ4v) is 5.06. The van der Waals surface area contributed by atoms with Crippen molar-refractivity contribution in [2.75, 3.05) is 0 Å². The maximum Gasteiger partial charge on any atom is 0.0998 e. The molecule has 4 nitrogen and oxygen atoms in total. The van der Waals surface area contributed by atoms with Crippen LogP contribution in [0.2, 0.25) is 0 Å². The number of benzene rings is 5. The average molecular weight is 432 g/mol. The van der Waals surface area contributed by atoms with Gasteiger partial charge in [0, 0.05) is 33.4 Å². The fourth-order valence-electron chi connectivity index (χ4n) is 4.29. The molecule has 144 valence electrons. The third-order valence-corrected chi connectivity index (χ3v) is 6.20. The standard InChI is InChI=1S/C23H10N3PS.C2H3N/c24-8-11-1-3-15-14-5-6-18(28)21-12(9-25)2-4-16(22(14)21)19-13(10-26)7-17(27)20(11)23(15)19;1-2-3/h1-7,28H,27H2;1H3. The van der Waals surface area contributed by atoms with Gasteiger partial charge in [-0.2, -0.15) is 21.0 Å². The predicted octanol–water partition coefficient (Wildman–Crippen LogP) is 5.67. The zero-order valence-corrected chi connectivity index (χ0v) is 18.4. The SMILES string of the molecule is CC#N.N#Cc1ccc2c3c(C#N)cc(P)c4c(C#N)ccc(c5ccc(S)c1c52)c43. The lowest BCUT2D eigenvalue weighted by Crippen LogP contribution is -2.01. The Kier molecular flexibility index (Phi) is 5.11. The van der Waals surface area contributed by atoms with E-state index in [9.17, 15) is 15.8 Å². The minimum absolute atomic E-state index is 0.551. The van der Waals surface area contributed by atoms with Gasteiger partial charge in [0.2, 0.25) is 0 Å². The molecule has 0 aliphatic heterocycles. The molecule has 0 saturated heterocycles. The number of thiol groups is 1. The van der Waals surface area contributed by atoms with Crippen LogP contribution in [-0.2, 0) is 0 Å². The van der Waals surface area contributed by atoms with Crippen molar-refractivity contribution in [3.8, 4) is 24.3 Å². The molecule has 0 radical (unpaired) electrons. The smallest absolute Gasteiger partial charge is 0.0998 e. The molecule has 0 aromatic heterocycles. The monoisotopic (exact) mass is 432 g/mol. The van der Waals surface area contributed by atoms with Gasteiger partial charge in [-0.05, 0) is 51.1 Å². The summed E-state index contributed by atoms with van der Waals surface area (Å²) in [6.45, 7) is 1.43. The Labute approximate surface area is 186 Å². The normalized spacial score (nSPS) is 10.3. The van der Waals surface area contributed by atoms with Crippen LogP contribution in [0.5, 0.6) is 0 Å². The zero-order chi connectivity index (χ0) is 22.3. The topological polar surface area (TPSA) is 95.2 Å². The van der Waals surface area contributed by atoms with Gasteiger partial charge in [-0.1, -0.05) is 18.2 Å². The van der Waals surface area contributed by atoms with Crippen LogP contribution in [-0.4, -0.2) is 0 Å². The maximum atomic E-state index is 9.84. The Balaban J connectivity index is 0.000000730. The van der Waals surface area contributed by atoms with Crippen LogP contribution in [0.4, 0.5) is 0 Å². The van der Waals surface area contributed by atoms with E-state index in [-0.39, 0.29) is 0 Å². The van der Waals surface area contributed by atoms with Crippen LogP contribution >= 0.6 is 21.9 Å². The summed E-state index contributed by atoms with van der Waals surface area (Å²) >= 11 is 4.60. The molecule has 1 unspecified atom stereocenters. The molecule has 0 aliphatic carbocycles. The van der Waals surface area contributed by atoms with E-state index in [0.29, 0.717) is 16.7 Å². The summed E-state index contributed by atoms with van der Waals surface area (Å²) in [5, 5.41) is 44.4. The molecule has 31 heavy (non-hydrogen) atoms. The average Bonchev–Trinajstić information content (AvgIpc) is 2.78. The molecule has 0 aliphatic rings. The Morgan fingerprint density at radius 1 is 0.645 bits per heavy atom. The Morgan fingerprint density at radius 2 is 1.16 bits per heavy atom. The predicted molar refractivity (Wildman–Crippen MR) is 130 cm³/mol. The van der Waals surface area contributed by atoms with Crippen molar-refractivity contribution < 1.29 is 0 Å². The number of fused-ring (bicyclic) bond motifs is 2. The molecule has 0 N–H and O–H groups in total. The van der Waals surface area contributed by atoms with Crippen molar-refractivity contribution in [1.82, 2.24) is 0 Å². The second kappa shape index (κ2) is 7.76. The van der Waals surface area contributed by atoms with Crippen LogP contribution in [0.15, 0.2) is 47.4 Å². The molecular formula is C25H13N4PS. The number of nitrogens with zero attached hydrogens (tertiary/aromatic N) is 4. The second-order valence-corrected chi connectivity index (χ2v) is 8.00. The minimum atomic E-state index is 0.551. The van der Waals surface area contributed by atoms with Crippen molar-refractivity contribution in [2.24, 2.45) is 0 Å². The van der Waals surface area contributed by atoms with E-state index < -0.39 is 0 Å². The summed E-state index contributed by atoms with van der Waals surface area (Å²) in [6.07, 6.45) is 0. The first-order valence-corrected chi connectivity index (χ1v) is 10.2. The highest BCUT2D eigenvalue weighted by atomic mass is 32.1. The lowest BCUT2D eigenvalue weighted by molar-refractivity contribution is 1.48. The van der Waals surface area contributed by atoms with Crippen LogP contribution in [0.3, 0.4) is 0 Å². The summed E-state index contributed by atoms with van der Waals surface area (Å²) in [7, 11) is 2.66. The molecule has 1 atom stereocenters. The Bertz CT molecular complexity index is 1710. The van der Waals surface area contributed by atoms with Crippen molar-refractivity contribution >= 4 is 70.3 Å². The molecule has 5 aromatic rings. The van der Waals surface area contributed by atoms with E-state index in [0.717, 1.165) is 53.3 Å². The Morgan fingerprint density at radius 3 is 1.77 bits per heavy atom. The van der Waals surface area contributed by atoms with Crippen LogP contribution in [0.25, 0.3) is 43.1 Å². The molecule has 0 heterocycles. The fraction of sp³-hybridized carbons (Fsp3) is 0.0400. The molecule has 6 heteroatoms. The number of hydrogen-bond donors (Lipinski definition) is 1. The lowest BCUT2D eigenvalue weighted by atomic mass is 9.85. The molecule has 5 aromatic carbocycles. The van der Waals surface area contributed by atoms with Gasteiger partial charge >= 0.3 is 0 Å². The molecular weight excluding hydrogens is 419 g/mol. The van der Waals surface area contributed by atoms with Gasteiger partial charge in [-0.25, -0.2) is 0 Å². The van der Waals surface area contributed by atoms with Gasteiger partial charge in [0.25, 0.3) is 0 Å². The molecule has 0 fully saturated rings. The molecule has 0 bridgehead atoms. The summed E-state index contributed by atoms with van der Waals surface area (Å²) in [5.41, 5.74) is 1.68. The van der Waals surface area contributed by atoms with Crippen LogP contribution in [0, 0.1) is 45.3 Å². The summed E-state index contributed by atoms with van der Waals surface area (Å²) in [4.78, 5) is 0.728. The van der Waals surface area contributed by atoms with Gasteiger partial charge in [0.1, 0.15) is 0 Å². The zero-order valence-electron chi connectivity index (χ0n) is 16.4. The van der Waals surface area contributed by atoms with E-state index in [4.69, 9.17) is 5.26 Å². The summed E-state index contributed by atoms with van der Waals surface area (Å²) in [6, 6.07) is 21.7. The summed E-state index contributed by atoms with van der Waals surface area (Å²) < 4.78 is 0. The third kappa shape index (κ3) is 2.85. The van der Waals surface area contributed by atoms with Crippen molar-refractivity contribution in [3.05, 3.63) is 59.2 Å². The molecule has 0 saturated carbocycles. The minimum Gasteiger partial charge on any atom is -0.199 e. The van der Waals surface area contributed by atoms with Gasteiger partial charge in [-0.3, -0.25) is 0 Å². The second-order valence-electron chi connectivity index (χ2n) is 6.90. The molecule has 0 spiro atoms. The van der Waals surface area contributed by atoms with Crippen LogP contribution < -0.4 is 5.30 Å². The Hall–Kier alpha value is -3.86. The lowest BCUT2D eigenvalue weighted by Gasteiger charge is -2.18. The van der Waals surface area contributed by atoms with E-state index in [1.54, 1.807) is 12.1 Å².